The van der Waals surface area contributed by atoms with E-state index in [-0.39, 0.29) is 29.2 Å². The summed E-state index contributed by atoms with van der Waals surface area (Å²) in [5.74, 6) is 0.209. The zero-order valence-electron chi connectivity index (χ0n) is 20.4. The number of nitrogens with zero attached hydrogens (tertiary/aromatic N) is 5. The molecule has 3 aromatic heterocycles. The van der Waals surface area contributed by atoms with Gasteiger partial charge in [-0.2, -0.15) is 13.2 Å². The third-order valence-corrected chi connectivity index (χ3v) is 6.67. The summed E-state index contributed by atoms with van der Waals surface area (Å²) in [5.41, 5.74) is 7.92. The molecular formula is C26H24F3N7O2. The molecule has 196 valence electrons. The van der Waals surface area contributed by atoms with Gasteiger partial charge in [-0.25, -0.2) is 15.0 Å². The Morgan fingerprint density at radius 1 is 1.03 bits per heavy atom. The highest BCUT2D eigenvalue weighted by atomic mass is 19.4. The van der Waals surface area contributed by atoms with Gasteiger partial charge in [0.2, 0.25) is 11.9 Å². The fourth-order valence-corrected chi connectivity index (χ4v) is 4.68. The van der Waals surface area contributed by atoms with Crippen LogP contribution in [0.25, 0.3) is 16.9 Å². The lowest BCUT2D eigenvalue weighted by Gasteiger charge is -2.30. The number of likely N-dealkylation sites (tertiary alicyclic amines) is 1. The molecule has 9 nitrogen and oxygen atoms in total. The van der Waals surface area contributed by atoms with Gasteiger partial charge in [0.05, 0.1) is 16.8 Å². The lowest BCUT2D eigenvalue weighted by molar-refractivity contribution is -0.137. The Bertz CT molecular complexity index is 1510. The van der Waals surface area contributed by atoms with E-state index in [0.29, 0.717) is 24.5 Å². The van der Waals surface area contributed by atoms with Crippen LogP contribution in [0.5, 0.6) is 0 Å². The molecule has 0 aliphatic carbocycles. The molecule has 0 radical (unpaired) electrons. The van der Waals surface area contributed by atoms with Crippen molar-refractivity contribution >= 4 is 29.1 Å². The van der Waals surface area contributed by atoms with Crippen LogP contribution in [-0.4, -0.2) is 49.2 Å². The molecule has 4 aromatic rings. The Labute approximate surface area is 215 Å². The van der Waals surface area contributed by atoms with Crippen LogP contribution in [0.4, 0.5) is 24.9 Å². The van der Waals surface area contributed by atoms with E-state index >= 15 is 0 Å². The van der Waals surface area contributed by atoms with Crippen LogP contribution in [-0.2, 0) is 11.0 Å². The van der Waals surface area contributed by atoms with Crippen LogP contribution < -0.4 is 11.1 Å². The van der Waals surface area contributed by atoms with Crippen LogP contribution in [0.15, 0.2) is 54.9 Å². The maximum Gasteiger partial charge on any atom is 0.416 e. The summed E-state index contributed by atoms with van der Waals surface area (Å²) in [6, 6.07) is 9.95. The molecule has 0 bridgehead atoms. The first-order chi connectivity index (χ1) is 18.1. The number of nitrogen functional groups attached to an aromatic ring is 1. The van der Waals surface area contributed by atoms with Crippen molar-refractivity contribution in [2.75, 3.05) is 24.1 Å². The van der Waals surface area contributed by atoms with Crippen molar-refractivity contribution in [1.29, 1.82) is 0 Å². The quantitative estimate of drug-likeness (QED) is 0.410. The van der Waals surface area contributed by atoms with E-state index in [1.807, 2.05) is 11.0 Å². The van der Waals surface area contributed by atoms with Crippen LogP contribution in [0, 0.1) is 0 Å². The largest absolute Gasteiger partial charge is 0.416 e. The van der Waals surface area contributed by atoms with Gasteiger partial charge in [0.15, 0.2) is 0 Å². The number of anilines is 2. The predicted molar refractivity (Wildman–Crippen MR) is 134 cm³/mol. The van der Waals surface area contributed by atoms with E-state index in [0.717, 1.165) is 42.4 Å². The first-order valence-electron chi connectivity index (χ1n) is 11.9. The highest BCUT2D eigenvalue weighted by Crippen LogP contribution is 2.34. The SMILES string of the molecule is CC(=O)N1CCC(c2nc(-c3ccc(C(=O)Nc4cc(C(F)(F)F)ccn4)cc3)n3c(N)nccc23)CC1. The van der Waals surface area contributed by atoms with E-state index in [4.69, 9.17) is 10.7 Å². The van der Waals surface area contributed by atoms with E-state index < -0.39 is 17.6 Å². The minimum absolute atomic E-state index is 0.0558. The number of hydrogen-bond acceptors (Lipinski definition) is 6. The lowest BCUT2D eigenvalue weighted by Crippen LogP contribution is -2.36. The number of hydrogen-bond donors (Lipinski definition) is 2. The lowest BCUT2D eigenvalue weighted by atomic mass is 9.93. The third kappa shape index (κ3) is 4.89. The van der Waals surface area contributed by atoms with Gasteiger partial charge in [-0.05, 0) is 43.2 Å². The fraction of sp³-hybridized carbons (Fsp3) is 0.269. The normalized spacial score (nSPS) is 14.6. The highest BCUT2D eigenvalue weighted by molar-refractivity contribution is 6.04. The number of pyridine rings is 1. The molecule has 1 aliphatic heterocycles. The summed E-state index contributed by atoms with van der Waals surface area (Å²) in [6.07, 6.45) is -0.380. The molecule has 0 unspecified atom stereocenters. The Morgan fingerprint density at radius 2 is 1.71 bits per heavy atom. The van der Waals surface area contributed by atoms with Crippen molar-refractivity contribution in [3.8, 4) is 11.4 Å². The van der Waals surface area contributed by atoms with Crippen molar-refractivity contribution in [3.63, 3.8) is 0 Å². The number of fused-ring (bicyclic) bond motifs is 1. The molecule has 1 fully saturated rings. The van der Waals surface area contributed by atoms with Crippen molar-refractivity contribution in [3.05, 3.63) is 71.7 Å². The number of rotatable bonds is 4. The molecule has 0 spiro atoms. The van der Waals surface area contributed by atoms with Crippen LogP contribution >= 0.6 is 0 Å². The molecule has 12 heteroatoms. The fourth-order valence-electron chi connectivity index (χ4n) is 4.68. The summed E-state index contributed by atoms with van der Waals surface area (Å²) in [6.45, 7) is 2.87. The second-order valence-corrected chi connectivity index (χ2v) is 9.08. The standard InChI is InChI=1S/C26H24F3N7O2/c1-15(37)35-12-8-16(9-13-35)22-20-7-11-32-25(30)36(20)23(34-22)17-2-4-18(5-3-17)24(38)33-21-14-19(6-10-31-21)26(27,28)29/h2-7,10-11,14,16H,8-9,12-13H2,1H3,(H2,30,32)(H,31,33,38). The van der Waals surface area contributed by atoms with Gasteiger partial charge in [0.1, 0.15) is 11.6 Å². The number of aromatic nitrogens is 4. The smallest absolute Gasteiger partial charge is 0.369 e. The molecular weight excluding hydrogens is 499 g/mol. The topological polar surface area (TPSA) is 119 Å². The van der Waals surface area contributed by atoms with E-state index in [2.05, 4.69) is 15.3 Å². The number of halogens is 3. The summed E-state index contributed by atoms with van der Waals surface area (Å²) >= 11 is 0. The van der Waals surface area contributed by atoms with Gasteiger partial charge in [-0.3, -0.25) is 14.0 Å². The predicted octanol–water partition coefficient (Wildman–Crippen LogP) is 4.37. The van der Waals surface area contributed by atoms with Crippen LogP contribution in [0.3, 0.4) is 0 Å². The van der Waals surface area contributed by atoms with Gasteiger partial charge in [-0.1, -0.05) is 12.1 Å². The molecule has 0 atom stereocenters. The zero-order valence-corrected chi connectivity index (χ0v) is 20.4. The van der Waals surface area contributed by atoms with E-state index in [1.54, 1.807) is 41.8 Å². The molecule has 5 rings (SSSR count). The summed E-state index contributed by atoms with van der Waals surface area (Å²) in [7, 11) is 0. The number of piperidine rings is 1. The number of benzene rings is 1. The number of carbonyl (C=O) groups excluding carboxylic acids is 2. The molecule has 38 heavy (non-hydrogen) atoms. The Morgan fingerprint density at radius 3 is 2.37 bits per heavy atom. The second kappa shape index (κ2) is 9.77. The van der Waals surface area contributed by atoms with Crippen molar-refractivity contribution in [2.24, 2.45) is 0 Å². The first kappa shape index (κ1) is 25.2. The third-order valence-electron chi connectivity index (χ3n) is 6.67. The van der Waals surface area contributed by atoms with Crippen molar-refractivity contribution in [1.82, 2.24) is 24.3 Å². The summed E-state index contributed by atoms with van der Waals surface area (Å²) < 4.78 is 40.7. The number of amides is 2. The van der Waals surface area contributed by atoms with Gasteiger partial charge >= 0.3 is 6.18 Å². The molecule has 0 saturated carbocycles. The van der Waals surface area contributed by atoms with Crippen molar-refractivity contribution in [2.45, 2.75) is 31.9 Å². The molecule has 1 saturated heterocycles. The molecule has 1 aromatic carbocycles. The molecule has 1 aliphatic rings. The van der Waals surface area contributed by atoms with Gasteiger partial charge in [0.25, 0.3) is 5.91 Å². The highest BCUT2D eigenvalue weighted by Gasteiger charge is 2.31. The number of carbonyl (C=O) groups is 2. The minimum Gasteiger partial charge on any atom is -0.369 e. The second-order valence-electron chi connectivity index (χ2n) is 9.08. The maximum absolute atomic E-state index is 13.0. The molecule has 4 heterocycles. The number of alkyl halides is 3. The van der Waals surface area contributed by atoms with Gasteiger partial charge in [0, 0.05) is 49.5 Å². The van der Waals surface area contributed by atoms with Gasteiger partial charge in [-0.15, -0.1) is 0 Å². The van der Waals surface area contributed by atoms with E-state index in [1.165, 1.54) is 0 Å². The Hall–Kier alpha value is -4.48. The Balaban J connectivity index is 1.41. The maximum atomic E-state index is 13.0. The number of imidazole rings is 1. The summed E-state index contributed by atoms with van der Waals surface area (Å²) in [5, 5.41) is 2.40. The zero-order chi connectivity index (χ0) is 27.0. The monoisotopic (exact) mass is 523 g/mol. The average Bonchev–Trinajstić information content (AvgIpc) is 3.29. The molecule has 3 N–H and O–H groups in total. The Kier molecular flexibility index (Phi) is 6.47. The first-order valence-corrected chi connectivity index (χ1v) is 11.9. The van der Waals surface area contributed by atoms with Crippen LogP contribution in [0.2, 0.25) is 0 Å². The van der Waals surface area contributed by atoms with Crippen molar-refractivity contribution < 1.29 is 22.8 Å². The molecule has 2 amide bonds. The van der Waals surface area contributed by atoms with Gasteiger partial charge < -0.3 is 16.0 Å². The van der Waals surface area contributed by atoms with E-state index in [9.17, 15) is 22.8 Å². The number of nitrogens with two attached hydrogens (primary N) is 1. The van der Waals surface area contributed by atoms with Crippen LogP contribution in [0.1, 0.15) is 47.3 Å². The minimum atomic E-state index is -4.54. The average molecular weight is 524 g/mol. The summed E-state index contributed by atoms with van der Waals surface area (Å²) in [4.78, 5) is 39.1. The number of nitrogens with one attached hydrogen (secondary N) is 1.